The number of imidazole rings is 1. The van der Waals surface area contributed by atoms with Crippen LogP contribution < -0.4 is 4.90 Å². The number of methoxy groups -OCH3 is 1. The van der Waals surface area contributed by atoms with E-state index in [1.165, 1.54) is 6.33 Å². The molecular weight excluding hydrogens is 287 g/mol. The number of hydrogen-bond acceptors (Lipinski definition) is 5. The summed E-state index contributed by atoms with van der Waals surface area (Å²) in [6.45, 7) is 0.917. The first-order valence-electron chi connectivity index (χ1n) is 6.47. The molecule has 1 aliphatic heterocycles. The van der Waals surface area contributed by atoms with Crippen molar-refractivity contribution in [3.8, 4) is 0 Å². The standard InChI is InChI=1S/C12H14F3N5O/c1-21-3-2-19-7-18-9-10(19)16-6-17-11(9)20-4-8(5-20)12(13,14)15/h6-8H,2-5H2,1H3. The maximum atomic E-state index is 12.6. The van der Waals surface area contributed by atoms with Gasteiger partial charge in [0.2, 0.25) is 0 Å². The highest BCUT2D eigenvalue weighted by atomic mass is 19.4. The molecule has 1 fully saturated rings. The Morgan fingerprint density at radius 2 is 2.05 bits per heavy atom. The summed E-state index contributed by atoms with van der Waals surface area (Å²) in [5, 5.41) is 0. The average Bonchev–Trinajstić information content (AvgIpc) is 2.77. The van der Waals surface area contributed by atoms with Crippen LogP contribution in [0.3, 0.4) is 0 Å². The van der Waals surface area contributed by atoms with Crippen LogP contribution in [0.5, 0.6) is 0 Å². The molecule has 0 saturated carbocycles. The Balaban J connectivity index is 1.83. The van der Waals surface area contributed by atoms with Gasteiger partial charge in [0.25, 0.3) is 0 Å². The van der Waals surface area contributed by atoms with Crippen molar-refractivity contribution in [2.75, 3.05) is 31.7 Å². The minimum absolute atomic E-state index is 0.0828. The van der Waals surface area contributed by atoms with E-state index in [-0.39, 0.29) is 13.1 Å². The lowest BCUT2D eigenvalue weighted by Crippen LogP contribution is -2.53. The fourth-order valence-corrected chi connectivity index (χ4v) is 2.31. The highest BCUT2D eigenvalue weighted by Crippen LogP contribution is 2.36. The first kappa shape index (κ1) is 14.1. The van der Waals surface area contributed by atoms with Crippen LogP contribution in [0.15, 0.2) is 12.7 Å². The smallest absolute Gasteiger partial charge is 0.383 e. The first-order chi connectivity index (χ1) is 10.0. The molecule has 3 heterocycles. The highest BCUT2D eigenvalue weighted by Gasteiger charge is 2.48. The Morgan fingerprint density at radius 3 is 2.71 bits per heavy atom. The molecule has 6 nitrogen and oxygen atoms in total. The van der Waals surface area contributed by atoms with E-state index in [4.69, 9.17) is 4.74 Å². The Bertz CT molecular complexity index is 635. The van der Waals surface area contributed by atoms with Crippen molar-refractivity contribution in [3.63, 3.8) is 0 Å². The predicted octanol–water partition coefficient (Wildman–Crippen LogP) is 1.47. The second-order valence-electron chi connectivity index (χ2n) is 4.94. The fourth-order valence-electron chi connectivity index (χ4n) is 2.31. The summed E-state index contributed by atoms with van der Waals surface area (Å²) in [4.78, 5) is 14.0. The minimum Gasteiger partial charge on any atom is -0.383 e. The number of fused-ring (bicyclic) bond motifs is 1. The average molecular weight is 301 g/mol. The molecule has 21 heavy (non-hydrogen) atoms. The van der Waals surface area contributed by atoms with Gasteiger partial charge in [-0.3, -0.25) is 0 Å². The van der Waals surface area contributed by atoms with Crippen LogP contribution >= 0.6 is 0 Å². The van der Waals surface area contributed by atoms with Gasteiger partial charge in [-0.25, -0.2) is 15.0 Å². The molecule has 114 valence electrons. The summed E-state index contributed by atoms with van der Waals surface area (Å²) in [6, 6.07) is 0. The van der Waals surface area contributed by atoms with Gasteiger partial charge >= 0.3 is 6.18 Å². The first-order valence-corrected chi connectivity index (χ1v) is 6.47. The number of halogens is 3. The molecule has 0 aliphatic carbocycles. The summed E-state index contributed by atoms with van der Waals surface area (Å²) in [6.07, 6.45) is -1.20. The zero-order valence-corrected chi connectivity index (χ0v) is 11.3. The molecule has 2 aromatic rings. The lowest BCUT2D eigenvalue weighted by molar-refractivity contribution is -0.180. The molecule has 1 aliphatic rings. The normalized spacial score (nSPS) is 16.5. The van der Waals surface area contributed by atoms with Gasteiger partial charge in [0.15, 0.2) is 17.0 Å². The lowest BCUT2D eigenvalue weighted by Gasteiger charge is -2.40. The van der Waals surface area contributed by atoms with E-state index in [1.54, 1.807) is 22.9 Å². The monoisotopic (exact) mass is 301 g/mol. The van der Waals surface area contributed by atoms with Gasteiger partial charge in [0.1, 0.15) is 6.33 Å². The van der Waals surface area contributed by atoms with Gasteiger partial charge in [-0.2, -0.15) is 13.2 Å². The van der Waals surface area contributed by atoms with E-state index >= 15 is 0 Å². The minimum atomic E-state index is -4.15. The van der Waals surface area contributed by atoms with Gasteiger partial charge in [-0.05, 0) is 0 Å². The van der Waals surface area contributed by atoms with Crippen molar-refractivity contribution in [1.82, 2.24) is 19.5 Å². The molecule has 3 rings (SSSR count). The van der Waals surface area contributed by atoms with E-state index in [0.717, 1.165) is 0 Å². The zero-order valence-electron chi connectivity index (χ0n) is 11.3. The van der Waals surface area contributed by atoms with Crippen LogP contribution in [-0.2, 0) is 11.3 Å². The zero-order chi connectivity index (χ0) is 15.0. The Kier molecular flexibility index (Phi) is 3.44. The summed E-state index contributed by atoms with van der Waals surface area (Å²) >= 11 is 0. The van der Waals surface area contributed by atoms with Crippen molar-refractivity contribution in [2.24, 2.45) is 5.92 Å². The van der Waals surface area contributed by atoms with Gasteiger partial charge in [-0.15, -0.1) is 0 Å². The molecule has 0 unspecified atom stereocenters. The van der Waals surface area contributed by atoms with E-state index in [0.29, 0.717) is 30.1 Å². The van der Waals surface area contributed by atoms with Crippen LogP contribution in [0.25, 0.3) is 11.2 Å². The maximum absolute atomic E-state index is 12.6. The Labute approximate surface area is 118 Å². The molecular formula is C12H14F3N5O. The Hall–Kier alpha value is -1.90. The largest absolute Gasteiger partial charge is 0.395 e. The maximum Gasteiger partial charge on any atom is 0.395 e. The summed E-state index contributed by atoms with van der Waals surface area (Å²) < 4.78 is 44.5. The fraction of sp³-hybridized carbons (Fsp3) is 0.583. The van der Waals surface area contributed by atoms with Crippen molar-refractivity contribution in [3.05, 3.63) is 12.7 Å². The van der Waals surface area contributed by atoms with E-state index < -0.39 is 12.1 Å². The number of rotatable bonds is 4. The van der Waals surface area contributed by atoms with Crippen LogP contribution in [0.1, 0.15) is 0 Å². The van der Waals surface area contributed by atoms with Crippen molar-refractivity contribution in [1.29, 1.82) is 0 Å². The molecule has 0 aromatic carbocycles. The molecule has 0 bridgehead atoms. The van der Waals surface area contributed by atoms with Gasteiger partial charge in [0.05, 0.1) is 18.9 Å². The third kappa shape index (κ3) is 2.53. The van der Waals surface area contributed by atoms with Crippen molar-refractivity contribution < 1.29 is 17.9 Å². The van der Waals surface area contributed by atoms with E-state index in [9.17, 15) is 13.2 Å². The molecule has 1 saturated heterocycles. The molecule has 0 amide bonds. The third-order valence-corrected chi connectivity index (χ3v) is 3.56. The number of anilines is 1. The molecule has 0 spiro atoms. The molecule has 9 heteroatoms. The van der Waals surface area contributed by atoms with E-state index in [1.807, 2.05) is 0 Å². The van der Waals surface area contributed by atoms with E-state index in [2.05, 4.69) is 15.0 Å². The number of ether oxygens (including phenoxy) is 1. The van der Waals surface area contributed by atoms with Crippen LogP contribution in [0, 0.1) is 5.92 Å². The van der Waals surface area contributed by atoms with Crippen molar-refractivity contribution >= 4 is 17.0 Å². The topological polar surface area (TPSA) is 56.1 Å². The van der Waals surface area contributed by atoms with Gasteiger partial charge in [0, 0.05) is 26.7 Å². The second kappa shape index (κ2) is 5.14. The Morgan fingerprint density at radius 1 is 1.29 bits per heavy atom. The SMILES string of the molecule is COCCn1cnc2c(N3CC(C(F)(F)F)C3)ncnc21. The van der Waals surface area contributed by atoms with Crippen molar-refractivity contribution in [2.45, 2.75) is 12.7 Å². The lowest BCUT2D eigenvalue weighted by atomic mass is 10.00. The van der Waals surface area contributed by atoms with Gasteiger partial charge < -0.3 is 14.2 Å². The molecule has 0 N–H and O–H groups in total. The highest BCUT2D eigenvalue weighted by molar-refractivity contribution is 5.83. The van der Waals surface area contributed by atoms with Gasteiger partial charge in [-0.1, -0.05) is 0 Å². The van der Waals surface area contributed by atoms with Crippen LogP contribution in [0.2, 0.25) is 0 Å². The molecule has 0 radical (unpaired) electrons. The number of hydrogen-bond donors (Lipinski definition) is 0. The molecule has 0 atom stereocenters. The quantitative estimate of drug-likeness (QED) is 0.856. The second-order valence-corrected chi connectivity index (χ2v) is 4.94. The molecule has 2 aromatic heterocycles. The third-order valence-electron chi connectivity index (χ3n) is 3.56. The number of nitrogens with zero attached hydrogens (tertiary/aromatic N) is 5. The number of alkyl halides is 3. The summed E-state index contributed by atoms with van der Waals surface area (Å²) in [7, 11) is 1.59. The summed E-state index contributed by atoms with van der Waals surface area (Å²) in [5.74, 6) is -0.838. The van der Waals surface area contributed by atoms with Crippen LogP contribution in [0.4, 0.5) is 19.0 Å². The summed E-state index contributed by atoms with van der Waals surface area (Å²) in [5.41, 5.74) is 1.13. The van der Waals surface area contributed by atoms with Crippen LogP contribution in [-0.4, -0.2) is 52.5 Å². The number of aromatic nitrogens is 4. The predicted molar refractivity (Wildman–Crippen MR) is 69.0 cm³/mol.